The Labute approximate surface area is 107 Å². The zero-order valence-electron chi connectivity index (χ0n) is 10.7. The normalized spacial score (nSPS) is 31.2. The molecule has 0 amide bonds. The number of halogens is 2. The molecule has 0 bridgehead atoms. The van der Waals surface area contributed by atoms with Crippen molar-refractivity contribution < 1.29 is 8.78 Å². The van der Waals surface area contributed by atoms with Crippen LogP contribution in [-0.4, -0.2) is 12.6 Å². The van der Waals surface area contributed by atoms with Gasteiger partial charge < -0.3 is 5.32 Å². The van der Waals surface area contributed by atoms with Crippen molar-refractivity contribution in [2.24, 2.45) is 5.92 Å². The predicted octanol–water partition coefficient (Wildman–Crippen LogP) is 3.38. The van der Waals surface area contributed by atoms with Crippen molar-refractivity contribution in [1.29, 1.82) is 0 Å². The Bertz CT molecular complexity index is 448. The number of rotatable bonds is 4. The van der Waals surface area contributed by atoms with Crippen LogP contribution in [-0.2, 0) is 5.41 Å². The van der Waals surface area contributed by atoms with Crippen LogP contribution in [0.4, 0.5) is 8.78 Å². The molecule has 0 atom stereocenters. The van der Waals surface area contributed by atoms with E-state index in [0.717, 1.165) is 25.5 Å². The molecule has 2 saturated carbocycles. The molecule has 0 unspecified atom stereocenters. The maximum absolute atomic E-state index is 14.0. The molecular formula is C15H19F2N. The van der Waals surface area contributed by atoms with Gasteiger partial charge in [0.1, 0.15) is 11.6 Å². The summed E-state index contributed by atoms with van der Waals surface area (Å²) in [6.07, 6.45) is 4.46. The lowest BCUT2D eigenvalue weighted by atomic mass is 9.59. The molecule has 1 N–H and O–H groups in total. The molecule has 3 rings (SSSR count). The van der Waals surface area contributed by atoms with Crippen molar-refractivity contribution in [1.82, 2.24) is 5.32 Å². The van der Waals surface area contributed by atoms with Gasteiger partial charge in [-0.3, -0.25) is 0 Å². The van der Waals surface area contributed by atoms with E-state index in [1.807, 2.05) is 0 Å². The highest BCUT2D eigenvalue weighted by Crippen LogP contribution is 2.48. The van der Waals surface area contributed by atoms with E-state index in [2.05, 4.69) is 12.2 Å². The third kappa shape index (κ3) is 2.16. The lowest BCUT2D eigenvalue weighted by Gasteiger charge is -2.47. The Hall–Kier alpha value is -0.960. The van der Waals surface area contributed by atoms with Gasteiger partial charge in [-0.2, -0.15) is 0 Å². The minimum absolute atomic E-state index is 0.111. The summed E-state index contributed by atoms with van der Waals surface area (Å²) in [6, 6.07) is 4.64. The molecule has 18 heavy (non-hydrogen) atoms. The average molecular weight is 251 g/mol. The van der Waals surface area contributed by atoms with Crippen LogP contribution in [0.15, 0.2) is 18.2 Å². The van der Waals surface area contributed by atoms with E-state index in [1.54, 1.807) is 6.07 Å². The van der Waals surface area contributed by atoms with Crippen LogP contribution in [0.5, 0.6) is 0 Å². The Balaban J connectivity index is 1.83. The van der Waals surface area contributed by atoms with Crippen molar-refractivity contribution >= 4 is 0 Å². The zero-order valence-corrected chi connectivity index (χ0v) is 10.7. The van der Waals surface area contributed by atoms with E-state index in [0.29, 0.717) is 17.5 Å². The first-order valence-corrected chi connectivity index (χ1v) is 6.78. The van der Waals surface area contributed by atoms with Crippen LogP contribution >= 0.6 is 0 Å². The summed E-state index contributed by atoms with van der Waals surface area (Å²) in [5, 5.41) is 3.50. The van der Waals surface area contributed by atoms with Gasteiger partial charge >= 0.3 is 0 Å². The summed E-state index contributed by atoms with van der Waals surface area (Å²) in [7, 11) is 0. The van der Waals surface area contributed by atoms with E-state index in [4.69, 9.17) is 0 Å². The van der Waals surface area contributed by atoms with Crippen LogP contribution in [0, 0.1) is 17.6 Å². The number of benzene rings is 1. The standard InChI is InChI=1S/C15H19F2N/c1-10-7-15(8-10,9-18-12-3-4-12)13-5-2-11(16)6-14(13)17/h2,5-6,10,12,18H,3-4,7-9H2,1H3. The Morgan fingerprint density at radius 1 is 1.28 bits per heavy atom. The molecule has 2 fully saturated rings. The second-order valence-corrected chi connectivity index (χ2v) is 6.07. The van der Waals surface area contributed by atoms with Crippen molar-refractivity contribution in [3.05, 3.63) is 35.4 Å². The van der Waals surface area contributed by atoms with Crippen LogP contribution in [0.1, 0.15) is 38.2 Å². The van der Waals surface area contributed by atoms with Crippen molar-refractivity contribution in [3.8, 4) is 0 Å². The summed E-state index contributed by atoms with van der Waals surface area (Å²) in [5.41, 5.74) is 0.579. The Kier molecular flexibility index (Phi) is 2.89. The van der Waals surface area contributed by atoms with Gasteiger partial charge in [0.05, 0.1) is 0 Å². The second kappa shape index (κ2) is 4.30. The second-order valence-electron chi connectivity index (χ2n) is 6.07. The summed E-state index contributed by atoms with van der Waals surface area (Å²) < 4.78 is 27.0. The van der Waals surface area contributed by atoms with E-state index in [1.165, 1.54) is 18.9 Å². The number of hydrogen-bond donors (Lipinski definition) is 1. The van der Waals surface area contributed by atoms with Crippen LogP contribution in [0.3, 0.4) is 0 Å². The minimum atomic E-state index is -0.492. The molecule has 98 valence electrons. The van der Waals surface area contributed by atoms with Gasteiger partial charge in [-0.1, -0.05) is 13.0 Å². The lowest BCUT2D eigenvalue weighted by molar-refractivity contribution is 0.147. The molecular weight excluding hydrogens is 232 g/mol. The smallest absolute Gasteiger partial charge is 0.129 e. The van der Waals surface area contributed by atoms with Gasteiger partial charge in [-0.15, -0.1) is 0 Å². The van der Waals surface area contributed by atoms with Gasteiger partial charge in [0.15, 0.2) is 0 Å². The van der Waals surface area contributed by atoms with Crippen molar-refractivity contribution in [3.63, 3.8) is 0 Å². The summed E-state index contributed by atoms with van der Waals surface area (Å²) >= 11 is 0. The SMILES string of the molecule is CC1CC(CNC2CC2)(c2ccc(F)cc2F)C1. The average Bonchev–Trinajstić information content (AvgIpc) is 3.07. The summed E-state index contributed by atoms with van der Waals surface area (Å²) in [5.74, 6) is -0.246. The molecule has 1 nitrogen and oxygen atoms in total. The highest BCUT2D eigenvalue weighted by molar-refractivity contribution is 5.31. The van der Waals surface area contributed by atoms with Crippen LogP contribution in [0.25, 0.3) is 0 Å². The monoisotopic (exact) mass is 251 g/mol. The van der Waals surface area contributed by atoms with Crippen molar-refractivity contribution in [2.45, 2.75) is 44.1 Å². The molecule has 0 heterocycles. The molecule has 2 aliphatic carbocycles. The lowest BCUT2D eigenvalue weighted by Crippen LogP contribution is -2.48. The minimum Gasteiger partial charge on any atom is -0.313 e. The zero-order chi connectivity index (χ0) is 12.8. The Morgan fingerprint density at radius 2 is 2.00 bits per heavy atom. The number of nitrogens with one attached hydrogen (secondary N) is 1. The van der Waals surface area contributed by atoms with Gasteiger partial charge in [0.2, 0.25) is 0 Å². The fourth-order valence-electron chi connectivity index (χ4n) is 3.28. The fourth-order valence-corrected chi connectivity index (χ4v) is 3.28. The molecule has 1 aromatic rings. The highest BCUT2D eigenvalue weighted by atomic mass is 19.1. The first-order chi connectivity index (χ1) is 8.59. The molecule has 2 aliphatic rings. The van der Waals surface area contributed by atoms with Crippen LogP contribution in [0.2, 0.25) is 0 Å². The van der Waals surface area contributed by atoms with Gasteiger partial charge in [-0.25, -0.2) is 8.78 Å². The predicted molar refractivity (Wildman–Crippen MR) is 67.5 cm³/mol. The number of hydrogen-bond acceptors (Lipinski definition) is 1. The molecule has 1 aromatic carbocycles. The Morgan fingerprint density at radius 3 is 2.56 bits per heavy atom. The van der Waals surface area contributed by atoms with Gasteiger partial charge in [0, 0.05) is 24.1 Å². The van der Waals surface area contributed by atoms with Gasteiger partial charge in [-0.05, 0) is 43.2 Å². The van der Waals surface area contributed by atoms with E-state index in [-0.39, 0.29) is 11.2 Å². The van der Waals surface area contributed by atoms with Gasteiger partial charge in [0.25, 0.3) is 0 Å². The van der Waals surface area contributed by atoms with E-state index >= 15 is 0 Å². The van der Waals surface area contributed by atoms with E-state index < -0.39 is 5.82 Å². The molecule has 0 aliphatic heterocycles. The molecule has 3 heteroatoms. The summed E-state index contributed by atoms with van der Waals surface area (Å²) in [4.78, 5) is 0. The molecule has 0 radical (unpaired) electrons. The third-order valence-corrected chi connectivity index (χ3v) is 4.29. The molecule has 0 saturated heterocycles. The topological polar surface area (TPSA) is 12.0 Å². The summed E-state index contributed by atoms with van der Waals surface area (Å²) in [6.45, 7) is 3.02. The maximum Gasteiger partial charge on any atom is 0.129 e. The molecule has 0 spiro atoms. The van der Waals surface area contributed by atoms with Crippen molar-refractivity contribution in [2.75, 3.05) is 6.54 Å². The highest BCUT2D eigenvalue weighted by Gasteiger charge is 2.45. The fraction of sp³-hybridized carbons (Fsp3) is 0.600. The first kappa shape index (κ1) is 12.1. The van der Waals surface area contributed by atoms with E-state index in [9.17, 15) is 8.78 Å². The largest absolute Gasteiger partial charge is 0.313 e. The first-order valence-electron chi connectivity index (χ1n) is 6.78. The quantitative estimate of drug-likeness (QED) is 0.865. The third-order valence-electron chi connectivity index (χ3n) is 4.29. The van der Waals surface area contributed by atoms with Crippen LogP contribution < -0.4 is 5.32 Å². The molecule has 0 aromatic heterocycles. The maximum atomic E-state index is 14.0.